The maximum absolute atomic E-state index is 11.0. The molecule has 0 atom stereocenters. The summed E-state index contributed by atoms with van der Waals surface area (Å²) in [7, 11) is 1.33. The molecule has 0 spiro atoms. The topological polar surface area (TPSA) is 41.5 Å². The van der Waals surface area contributed by atoms with Crippen molar-refractivity contribution in [2.45, 2.75) is 6.61 Å². The van der Waals surface area contributed by atoms with Crippen molar-refractivity contribution in [2.75, 3.05) is 13.7 Å². The SMILES string of the molecule is CO/C([O-])=C(\Br)COCc1ccccc1.[Li+]. The van der Waals surface area contributed by atoms with Crippen LogP contribution in [0.2, 0.25) is 0 Å². The zero-order valence-corrected chi connectivity index (χ0v) is 11.0. The quantitative estimate of drug-likeness (QED) is 0.501. The number of ether oxygens (including phenoxy) is 2. The normalized spacial score (nSPS) is 11.4. The summed E-state index contributed by atoms with van der Waals surface area (Å²) < 4.78 is 10.2. The fourth-order valence-electron chi connectivity index (χ4n) is 1.00. The van der Waals surface area contributed by atoms with E-state index in [2.05, 4.69) is 20.7 Å². The molecule has 1 rings (SSSR count). The first-order chi connectivity index (χ1) is 7.24. The fraction of sp³-hybridized carbons (Fsp3) is 0.273. The van der Waals surface area contributed by atoms with Crippen LogP contribution in [0, 0.1) is 0 Å². The number of methoxy groups -OCH3 is 1. The van der Waals surface area contributed by atoms with E-state index in [4.69, 9.17) is 4.74 Å². The average Bonchev–Trinajstić information content (AvgIpc) is 2.29. The molecule has 1 aromatic carbocycles. The van der Waals surface area contributed by atoms with E-state index in [1.54, 1.807) is 0 Å². The summed E-state index contributed by atoms with van der Waals surface area (Å²) in [6.07, 6.45) is 0. The first-order valence-electron chi connectivity index (χ1n) is 4.45. The van der Waals surface area contributed by atoms with Gasteiger partial charge in [0.25, 0.3) is 0 Å². The largest absolute Gasteiger partial charge is 1.00 e. The van der Waals surface area contributed by atoms with Crippen LogP contribution in [0.4, 0.5) is 0 Å². The number of hydrogen-bond acceptors (Lipinski definition) is 3. The Balaban J connectivity index is 0.00000225. The standard InChI is InChI=1S/C11H13BrO3.Li/c1-14-11(13)10(12)8-15-7-9-5-3-2-4-6-9;/h2-6,13H,7-8H2,1H3;/q;+1/p-1/b11-10-;. The van der Waals surface area contributed by atoms with Gasteiger partial charge in [0.1, 0.15) is 0 Å². The third kappa shape index (κ3) is 5.62. The predicted molar refractivity (Wildman–Crippen MR) is 59.1 cm³/mol. The van der Waals surface area contributed by atoms with E-state index in [1.807, 2.05) is 30.3 Å². The zero-order chi connectivity index (χ0) is 11.1. The molecule has 0 heterocycles. The van der Waals surface area contributed by atoms with Gasteiger partial charge in [-0.3, -0.25) is 0 Å². The Hall–Kier alpha value is -0.403. The molecular formula is C11H12BrLiO3. The molecule has 0 saturated carbocycles. The number of rotatable bonds is 5. The van der Waals surface area contributed by atoms with Gasteiger partial charge in [-0.15, -0.1) is 0 Å². The molecule has 5 heteroatoms. The van der Waals surface area contributed by atoms with Crippen molar-refractivity contribution in [1.29, 1.82) is 0 Å². The van der Waals surface area contributed by atoms with Gasteiger partial charge in [0.15, 0.2) is 0 Å². The summed E-state index contributed by atoms with van der Waals surface area (Å²) in [5, 5.41) is 11.0. The van der Waals surface area contributed by atoms with E-state index in [9.17, 15) is 5.11 Å². The molecule has 0 radical (unpaired) electrons. The fourth-order valence-corrected chi connectivity index (χ4v) is 1.33. The van der Waals surface area contributed by atoms with E-state index in [1.165, 1.54) is 7.11 Å². The van der Waals surface area contributed by atoms with Crippen LogP contribution in [-0.2, 0) is 16.1 Å². The van der Waals surface area contributed by atoms with Crippen LogP contribution >= 0.6 is 15.9 Å². The van der Waals surface area contributed by atoms with Crippen molar-refractivity contribution in [3.8, 4) is 0 Å². The summed E-state index contributed by atoms with van der Waals surface area (Å²) in [6.45, 7) is 0.703. The molecule has 16 heavy (non-hydrogen) atoms. The van der Waals surface area contributed by atoms with Crippen molar-refractivity contribution in [1.82, 2.24) is 0 Å². The molecule has 0 N–H and O–H groups in total. The van der Waals surface area contributed by atoms with E-state index < -0.39 is 5.95 Å². The number of benzene rings is 1. The first kappa shape index (κ1) is 15.6. The van der Waals surface area contributed by atoms with Crippen LogP contribution in [0.25, 0.3) is 0 Å². The van der Waals surface area contributed by atoms with E-state index >= 15 is 0 Å². The van der Waals surface area contributed by atoms with Crippen LogP contribution < -0.4 is 24.0 Å². The third-order valence-electron chi connectivity index (χ3n) is 1.75. The summed E-state index contributed by atoms with van der Waals surface area (Å²) in [6, 6.07) is 9.76. The minimum atomic E-state index is -0.400. The molecule has 0 saturated heterocycles. The van der Waals surface area contributed by atoms with Gasteiger partial charge in [-0.05, 0) is 12.7 Å². The van der Waals surface area contributed by atoms with Crippen LogP contribution in [-0.4, -0.2) is 13.7 Å². The maximum atomic E-state index is 11.0. The minimum Gasteiger partial charge on any atom is -0.616 e. The van der Waals surface area contributed by atoms with Gasteiger partial charge in [0.2, 0.25) is 0 Å². The molecule has 0 amide bonds. The molecule has 0 unspecified atom stereocenters. The van der Waals surface area contributed by atoms with Gasteiger partial charge in [-0.25, -0.2) is 0 Å². The second kappa shape index (κ2) is 8.72. The monoisotopic (exact) mass is 278 g/mol. The Kier molecular flexibility index (Phi) is 8.50. The Morgan fingerprint density at radius 1 is 1.31 bits per heavy atom. The molecule has 0 aliphatic carbocycles. The Morgan fingerprint density at radius 2 is 1.94 bits per heavy atom. The van der Waals surface area contributed by atoms with E-state index in [0.29, 0.717) is 11.1 Å². The van der Waals surface area contributed by atoms with Crippen molar-refractivity contribution < 1.29 is 33.4 Å². The van der Waals surface area contributed by atoms with Crippen LogP contribution in [0.15, 0.2) is 40.8 Å². The molecule has 0 fully saturated rings. The molecule has 0 aromatic heterocycles. The number of hydrogen-bond donors (Lipinski definition) is 0. The van der Waals surface area contributed by atoms with Crippen molar-refractivity contribution in [3.63, 3.8) is 0 Å². The second-order valence-electron chi connectivity index (χ2n) is 2.87. The summed E-state index contributed by atoms with van der Waals surface area (Å²) >= 11 is 3.09. The predicted octanol–water partition coefficient (Wildman–Crippen LogP) is -1.22. The number of halogens is 1. The Bertz CT molecular complexity index is 327. The smallest absolute Gasteiger partial charge is 0.616 e. The summed E-state index contributed by atoms with van der Waals surface area (Å²) in [4.78, 5) is 0. The van der Waals surface area contributed by atoms with Gasteiger partial charge >= 0.3 is 18.9 Å². The molecule has 0 bridgehead atoms. The van der Waals surface area contributed by atoms with Gasteiger partial charge in [0, 0.05) is 4.48 Å². The van der Waals surface area contributed by atoms with Crippen LogP contribution in [0.3, 0.4) is 0 Å². The molecule has 3 nitrogen and oxygen atoms in total. The Morgan fingerprint density at radius 3 is 2.50 bits per heavy atom. The molecule has 0 aliphatic heterocycles. The molecular weight excluding hydrogens is 267 g/mol. The van der Waals surface area contributed by atoms with Crippen LogP contribution in [0.5, 0.6) is 0 Å². The summed E-state index contributed by atoms with van der Waals surface area (Å²) in [5.74, 6) is -0.400. The Labute approximate surface area is 116 Å². The van der Waals surface area contributed by atoms with Gasteiger partial charge in [-0.1, -0.05) is 46.3 Å². The first-order valence-corrected chi connectivity index (χ1v) is 5.24. The van der Waals surface area contributed by atoms with Crippen molar-refractivity contribution in [3.05, 3.63) is 46.3 Å². The summed E-state index contributed by atoms with van der Waals surface area (Å²) in [5.41, 5.74) is 1.07. The van der Waals surface area contributed by atoms with Crippen molar-refractivity contribution in [2.24, 2.45) is 0 Å². The van der Waals surface area contributed by atoms with Crippen LogP contribution in [0.1, 0.15) is 5.56 Å². The van der Waals surface area contributed by atoms with E-state index in [0.717, 1.165) is 5.56 Å². The molecule has 1 aromatic rings. The van der Waals surface area contributed by atoms with E-state index in [-0.39, 0.29) is 25.5 Å². The average molecular weight is 279 g/mol. The van der Waals surface area contributed by atoms with Gasteiger partial charge < -0.3 is 14.6 Å². The molecule has 82 valence electrons. The third-order valence-corrected chi connectivity index (χ3v) is 2.30. The minimum absolute atomic E-state index is 0. The molecule has 0 aliphatic rings. The van der Waals surface area contributed by atoms with Crippen molar-refractivity contribution >= 4 is 15.9 Å². The zero-order valence-electron chi connectivity index (χ0n) is 9.40. The van der Waals surface area contributed by atoms with Gasteiger partial charge in [0.05, 0.1) is 19.2 Å². The van der Waals surface area contributed by atoms with Gasteiger partial charge in [-0.2, -0.15) is 0 Å². The second-order valence-corrected chi connectivity index (χ2v) is 3.83. The maximum Gasteiger partial charge on any atom is 1.00 e.